The van der Waals surface area contributed by atoms with E-state index in [-0.39, 0.29) is 21.3 Å². The van der Waals surface area contributed by atoms with E-state index in [9.17, 15) is 45.1 Å². The van der Waals surface area contributed by atoms with Gasteiger partial charge in [0.15, 0.2) is 5.78 Å². The fourth-order valence-corrected chi connectivity index (χ4v) is 5.99. The van der Waals surface area contributed by atoms with Crippen LogP contribution in [0.5, 0.6) is 0 Å². The van der Waals surface area contributed by atoms with Crippen LogP contribution in [0.1, 0.15) is 45.8 Å². The van der Waals surface area contributed by atoms with Crippen LogP contribution in [0.3, 0.4) is 0 Å². The minimum atomic E-state index is -5.90. The predicted molar refractivity (Wildman–Crippen MR) is 155 cm³/mol. The Balaban J connectivity index is 1.46. The third-order valence-electron chi connectivity index (χ3n) is 7.30. The normalized spacial score (nSPS) is 17.5. The van der Waals surface area contributed by atoms with Crippen molar-refractivity contribution in [2.45, 2.75) is 48.0 Å². The SMILES string of the molecule is O=C(CCC(F)(F)C(F)(F)F)Cc1c(F)ccc(CC(=O)c2cc(NC(=O)[C@H]3[C@H](c4ccc(F)c(Cl)c4)C3(Cl)Cl)ccc2Cl)c1F. The van der Waals surface area contributed by atoms with E-state index < -0.39 is 100 Å². The van der Waals surface area contributed by atoms with Crippen molar-refractivity contribution in [3.8, 4) is 0 Å². The third-order valence-corrected chi connectivity index (χ3v) is 8.86. The highest BCUT2D eigenvalue weighted by Gasteiger charge is 2.67. The number of ketones is 2. The first-order valence-electron chi connectivity index (χ1n) is 13.1. The smallest absolute Gasteiger partial charge is 0.326 e. The molecule has 1 amide bonds. The standard InChI is InChI=1S/C30H19Cl4F8NO3/c31-19-4-3-15(43-27(46)25-24(29(25,33)34)13-1-6-22(36)20(32)9-13)11-17(19)23(45)10-14-2-5-21(35)18(26(14)37)12-16(44)7-8-28(38,39)30(40,41)42/h1-6,9,11,24-25H,7-8,10,12H2,(H,43,46)/t24-,25+/m0/s1. The van der Waals surface area contributed by atoms with Crippen LogP contribution in [-0.4, -0.2) is 33.9 Å². The average Bonchev–Trinajstić information content (AvgIpc) is 3.55. The van der Waals surface area contributed by atoms with Gasteiger partial charge in [0.05, 0.1) is 16.0 Å². The molecule has 0 spiro atoms. The van der Waals surface area contributed by atoms with Crippen molar-refractivity contribution in [2.24, 2.45) is 5.92 Å². The van der Waals surface area contributed by atoms with Crippen LogP contribution in [0.25, 0.3) is 0 Å². The Labute approximate surface area is 275 Å². The number of carbonyl (C=O) groups excluding carboxylic acids is 3. The maximum atomic E-state index is 15.2. The van der Waals surface area contributed by atoms with E-state index in [0.717, 1.165) is 12.1 Å². The van der Waals surface area contributed by atoms with Gasteiger partial charge in [0.1, 0.15) is 27.6 Å². The summed E-state index contributed by atoms with van der Waals surface area (Å²) in [6.07, 6.45) is -11.0. The molecule has 3 aromatic rings. The Morgan fingerprint density at radius 1 is 0.826 bits per heavy atom. The van der Waals surface area contributed by atoms with E-state index in [1.54, 1.807) is 0 Å². The second kappa shape index (κ2) is 13.3. The highest BCUT2D eigenvalue weighted by molar-refractivity contribution is 6.53. The summed E-state index contributed by atoms with van der Waals surface area (Å²) >= 11 is 24.6. The summed E-state index contributed by atoms with van der Waals surface area (Å²) in [4.78, 5) is 38.2. The number of amides is 1. The van der Waals surface area contributed by atoms with Crippen LogP contribution < -0.4 is 5.32 Å². The molecule has 1 saturated carbocycles. The minimum Gasteiger partial charge on any atom is -0.326 e. The lowest BCUT2D eigenvalue weighted by molar-refractivity contribution is -0.284. The van der Waals surface area contributed by atoms with Crippen molar-refractivity contribution in [1.29, 1.82) is 0 Å². The second-order valence-electron chi connectivity index (χ2n) is 10.5. The highest BCUT2D eigenvalue weighted by Crippen LogP contribution is 2.65. The number of nitrogens with one attached hydrogen (secondary N) is 1. The molecule has 16 heteroatoms. The molecule has 1 aliphatic carbocycles. The molecule has 1 fully saturated rings. The zero-order chi connectivity index (χ0) is 34.4. The Morgan fingerprint density at radius 2 is 1.48 bits per heavy atom. The van der Waals surface area contributed by atoms with Gasteiger partial charge in [0.2, 0.25) is 5.91 Å². The molecule has 4 rings (SSSR count). The molecule has 0 aromatic heterocycles. The van der Waals surface area contributed by atoms with Gasteiger partial charge in [-0.15, -0.1) is 23.2 Å². The molecule has 46 heavy (non-hydrogen) atoms. The van der Waals surface area contributed by atoms with Crippen molar-refractivity contribution in [1.82, 2.24) is 0 Å². The zero-order valence-corrected chi connectivity index (χ0v) is 25.9. The number of rotatable bonds is 11. The van der Waals surface area contributed by atoms with E-state index in [1.807, 2.05) is 0 Å². The summed E-state index contributed by atoms with van der Waals surface area (Å²) < 4.78 is 105. The molecule has 2 atom stereocenters. The molecule has 0 saturated heterocycles. The average molecular weight is 735 g/mol. The van der Waals surface area contributed by atoms with Crippen molar-refractivity contribution in [2.75, 3.05) is 5.32 Å². The van der Waals surface area contributed by atoms with Gasteiger partial charge in [0.25, 0.3) is 0 Å². The molecular weight excluding hydrogens is 716 g/mol. The summed E-state index contributed by atoms with van der Waals surface area (Å²) in [6, 6.07) is 9.13. The number of benzene rings is 3. The van der Waals surface area contributed by atoms with Crippen LogP contribution in [0.4, 0.5) is 40.8 Å². The van der Waals surface area contributed by atoms with Gasteiger partial charge >= 0.3 is 12.1 Å². The van der Waals surface area contributed by atoms with Crippen molar-refractivity contribution in [3.05, 3.63) is 98.3 Å². The number of anilines is 1. The largest absolute Gasteiger partial charge is 0.453 e. The third kappa shape index (κ3) is 7.61. The Bertz CT molecular complexity index is 1710. The van der Waals surface area contributed by atoms with Gasteiger partial charge in [-0.05, 0) is 47.5 Å². The maximum Gasteiger partial charge on any atom is 0.453 e. The Hall–Kier alpha value is -2.93. The molecule has 0 heterocycles. The van der Waals surface area contributed by atoms with Crippen LogP contribution in [0, 0.1) is 23.4 Å². The van der Waals surface area contributed by atoms with Crippen molar-refractivity contribution in [3.63, 3.8) is 0 Å². The lowest BCUT2D eigenvalue weighted by Gasteiger charge is -2.19. The molecule has 0 bridgehead atoms. The van der Waals surface area contributed by atoms with E-state index in [1.165, 1.54) is 30.3 Å². The van der Waals surface area contributed by atoms with Crippen LogP contribution in [0.15, 0.2) is 48.5 Å². The molecule has 0 radical (unpaired) electrons. The molecule has 0 aliphatic heterocycles. The lowest BCUT2D eigenvalue weighted by Crippen LogP contribution is -2.36. The number of Topliss-reactive ketones (excluding diaryl/α,β-unsaturated/α-hetero) is 2. The van der Waals surface area contributed by atoms with Crippen molar-refractivity contribution < 1.29 is 49.5 Å². The van der Waals surface area contributed by atoms with E-state index in [2.05, 4.69) is 5.32 Å². The lowest BCUT2D eigenvalue weighted by atomic mass is 9.96. The summed E-state index contributed by atoms with van der Waals surface area (Å²) in [5.74, 6) is -13.0. The first kappa shape index (κ1) is 35.9. The van der Waals surface area contributed by atoms with E-state index in [0.29, 0.717) is 11.6 Å². The van der Waals surface area contributed by atoms with E-state index in [4.69, 9.17) is 46.4 Å². The summed E-state index contributed by atoms with van der Waals surface area (Å²) in [7, 11) is 0. The number of halogens is 12. The zero-order valence-electron chi connectivity index (χ0n) is 22.9. The summed E-state index contributed by atoms with van der Waals surface area (Å²) in [5, 5.41) is 2.23. The summed E-state index contributed by atoms with van der Waals surface area (Å²) in [6.45, 7) is 0. The summed E-state index contributed by atoms with van der Waals surface area (Å²) in [5.41, 5.74) is -1.06. The topological polar surface area (TPSA) is 63.2 Å². The van der Waals surface area contributed by atoms with E-state index >= 15 is 4.39 Å². The van der Waals surface area contributed by atoms with Crippen molar-refractivity contribution >= 4 is 69.6 Å². The molecule has 4 nitrogen and oxygen atoms in total. The molecule has 0 unspecified atom stereocenters. The van der Waals surface area contributed by atoms with Gasteiger partial charge in [-0.2, -0.15) is 22.0 Å². The first-order valence-corrected chi connectivity index (χ1v) is 14.6. The first-order chi connectivity index (χ1) is 21.2. The molecule has 246 valence electrons. The number of alkyl halides is 7. The van der Waals surface area contributed by atoms with Crippen LogP contribution in [-0.2, 0) is 22.4 Å². The Kier molecular flexibility index (Phi) is 10.4. The quantitative estimate of drug-likeness (QED) is 0.121. The highest BCUT2D eigenvalue weighted by atomic mass is 35.5. The van der Waals surface area contributed by atoms with Gasteiger partial charge in [-0.3, -0.25) is 14.4 Å². The number of hydrogen-bond acceptors (Lipinski definition) is 3. The van der Waals surface area contributed by atoms with Gasteiger partial charge < -0.3 is 5.32 Å². The van der Waals surface area contributed by atoms with Crippen LogP contribution >= 0.6 is 46.4 Å². The number of carbonyl (C=O) groups is 3. The Morgan fingerprint density at radius 3 is 2.11 bits per heavy atom. The van der Waals surface area contributed by atoms with Gasteiger partial charge in [0, 0.05) is 48.4 Å². The molecular formula is C30H19Cl4F8NO3. The van der Waals surface area contributed by atoms with Gasteiger partial charge in [-0.25, -0.2) is 13.2 Å². The fraction of sp³-hybridized carbons (Fsp3) is 0.300. The fourth-order valence-electron chi connectivity index (χ4n) is 4.75. The maximum absolute atomic E-state index is 15.2. The van der Waals surface area contributed by atoms with Gasteiger partial charge in [-0.1, -0.05) is 35.3 Å². The molecule has 3 aromatic carbocycles. The predicted octanol–water partition coefficient (Wildman–Crippen LogP) is 9.45. The molecule has 1 aliphatic rings. The molecule has 1 N–H and O–H groups in total. The monoisotopic (exact) mass is 733 g/mol. The number of hydrogen-bond donors (Lipinski definition) is 1. The second-order valence-corrected chi connectivity index (χ2v) is 12.8. The minimum absolute atomic E-state index is 0.0613. The van der Waals surface area contributed by atoms with Crippen LogP contribution in [0.2, 0.25) is 10.0 Å².